The molecule has 0 fully saturated rings. The van der Waals surface area contributed by atoms with Gasteiger partial charge in [0.05, 0.1) is 0 Å². The van der Waals surface area contributed by atoms with Crippen LogP contribution in [0.5, 0.6) is 0 Å². The number of hydrogen-bond acceptors (Lipinski definition) is 2. The maximum Gasteiger partial charge on any atom is 0.126 e. The summed E-state index contributed by atoms with van der Waals surface area (Å²) >= 11 is 5.69. The molecular weight excluding hydrogens is 186 g/mol. The van der Waals surface area contributed by atoms with Crippen molar-refractivity contribution in [3.63, 3.8) is 0 Å². The molecule has 0 aliphatic rings. The first-order valence-corrected chi connectivity index (χ1v) is 4.06. The van der Waals surface area contributed by atoms with Gasteiger partial charge in [0.1, 0.15) is 5.71 Å². The number of nitrogens with zero attached hydrogens (tertiary/aromatic N) is 1. The van der Waals surface area contributed by atoms with Crippen LogP contribution < -0.4 is 0 Å². The van der Waals surface area contributed by atoms with Gasteiger partial charge in [0.2, 0.25) is 0 Å². The van der Waals surface area contributed by atoms with Gasteiger partial charge in [-0.1, -0.05) is 22.7 Å². The molecule has 2 nitrogen and oxygen atoms in total. The van der Waals surface area contributed by atoms with Gasteiger partial charge in [-0.3, -0.25) is 0 Å². The molecule has 0 aliphatic heterocycles. The average molecular weight is 194 g/mol. The summed E-state index contributed by atoms with van der Waals surface area (Å²) in [5, 5.41) is 11.9. The van der Waals surface area contributed by atoms with Gasteiger partial charge in [0.25, 0.3) is 0 Å². The third-order valence-corrected chi connectivity index (χ3v) is 1.63. The number of rotatable bonds is 0. The second-order valence-corrected chi connectivity index (χ2v) is 2.88. The lowest BCUT2D eigenvalue weighted by Crippen LogP contribution is -1.83. The molecule has 0 aliphatic carbocycles. The Balaban J connectivity index is 2.84. The number of halogens is 1. The summed E-state index contributed by atoms with van der Waals surface area (Å²) in [5.74, 6) is 5.50. The van der Waals surface area contributed by atoms with Crippen LogP contribution in [-0.4, -0.2) is 10.9 Å². The van der Waals surface area contributed by atoms with Crippen LogP contribution >= 0.6 is 11.6 Å². The molecule has 0 unspecified atom stereocenters. The van der Waals surface area contributed by atoms with Gasteiger partial charge in [-0.25, -0.2) is 0 Å². The van der Waals surface area contributed by atoms with Crippen molar-refractivity contribution in [2.75, 3.05) is 0 Å². The van der Waals surface area contributed by atoms with Crippen LogP contribution in [0.1, 0.15) is 12.5 Å². The Hall–Kier alpha value is -1.46. The molecule has 0 bridgehead atoms. The fourth-order valence-corrected chi connectivity index (χ4v) is 0.847. The summed E-state index contributed by atoms with van der Waals surface area (Å²) in [7, 11) is 0. The van der Waals surface area contributed by atoms with Crippen LogP contribution in [0.3, 0.4) is 0 Å². The number of benzene rings is 1. The molecule has 1 N–H and O–H groups in total. The molecule has 0 atom stereocenters. The first-order chi connectivity index (χ1) is 6.22. The zero-order valence-corrected chi connectivity index (χ0v) is 7.84. The van der Waals surface area contributed by atoms with Gasteiger partial charge in [-0.15, -0.1) is 0 Å². The van der Waals surface area contributed by atoms with Crippen molar-refractivity contribution >= 4 is 17.3 Å². The number of hydrogen-bond donors (Lipinski definition) is 1. The van der Waals surface area contributed by atoms with Crippen LogP contribution in [0.2, 0.25) is 5.02 Å². The van der Waals surface area contributed by atoms with Crippen molar-refractivity contribution in [2.24, 2.45) is 5.16 Å². The molecule has 0 saturated carbocycles. The van der Waals surface area contributed by atoms with Crippen LogP contribution in [-0.2, 0) is 0 Å². The zero-order valence-electron chi connectivity index (χ0n) is 7.08. The van der Waals surface area contributed by atoms with E-state index in [1.807, 2.05) is 0 Å². The van der Waals surface area contributed by atoms with Gasteiger partial charge in [-0.05, 0) is 37.1 Å². The fourth-order valence-electron chi connectivity index (χ4n) is 0.721. The lowest BCUT2D eigenvalue weighted by Gasteiger charge is -1.89. The fraction of sp³-hybridized carbons (Fsp3) is 0.100. The topological polar surface area (TPSA) is 32.6 Å². The largest absolute Gasteiger partial charge is 0.410 e. The van der Waals surface area contributed by atoms with Crippen molar-refractivity contribution in [2.45, 2.75) is 6.92 Å². The van der Waals surface area contributed by atoms with Gasteiger partial charge in [-0.2, -0.15) is 0 Å². The zero-order chi connectivity index (χ0) is 9.68. The Kier molecular flexibility index (Phi) is 3.36. The number of oxime groups is 1. The average Bonchev–Trinajstić information content (AvgIpc) is 2.16. The van der Waals surface area contributed by atoms with Gasteiger partial charge in [0, 0.05) is 10.6 Å². The highest BCUT2D eigenvalue weighted by Gasteiger charge is 1.87. The quantitative estimate of drug-likeness (QED) is 0.292. The van der Waals surface area contributed by atoms with Crippen molar-refractivity contribution in [3.05, 3.63) is 34.9 Å². The smallest absolute Gasteiger partial charge is 0.126 e. The minimum absolute atomic E-state index is 0.384. The SMILES string of the molecule is C/C(C#Cc1ccc(Cl)cc1)=N\O. The summed E-state index contributed by atoms with van der Waals surface area (Å²) in [4.78, 5) is 0. The van der Waals surface area contributed by atoms with Crippen LogP contribution in [0.15, 0.2) is 29.4 Å². The molecule has 0 radical (unpaired) electrons. The van der Waals surface area contributed by atoms with Crippen molar-refractivity contribution in [3.8, 4) is 11.8 Å². The van der Waals surface area contributed by atoms with Crippen LogP contribution in [0.4, 0.5) is 0 Å². The highest BCUT2D eigenvalue weighted by atomic mass is 35.5. The van der Waals surface area contributed by atoms with Crippen LogP contribution in [0.25, 0.3) is 0 Å². The molecule has 66 valence electrons. The van der Waals surface area contributed by atoms with E-state index in [9.17, 15) is 0 Å². The second kappa shape index (κ2) is 4.54. The van der Waals surface area contributed by atoms with Crippen molar-refractivity contribution < 1.29 is 5.21 Å². The third kappa shape index (κ3) is 3.18. The molecule has 0 aromatic heterocycles. The Morgan fingerprint density at radius 3 is 2.54 bits per heavy atom. The predicted octanol–water partition coefficient (Wildman–Crippen LogP) is 2.54. The van der Waals surface area contributed by atoms with E-state index in [-0.39, 0.29) is 0 Å². The molecule has 1 rings (SSSR count). The van der Waals surface area contributed by atoms with E-state index >= 15 is 0 Å². The van der Waals surface area contributed by atoms with E-state index in [0.717, 1.165) is 5.56 Å². The predicted molar refractivity (Wildman–Crippen MR) is 53.2 cm³/mol. The minimum atomic E-state index is 0.384. The Morgan fingerprint density at radius 1 is 1.38 bits per heavy atom. The summed E-state index contributed by atoms with van der Waals surface area (Å²) in [6.45, 7) is 1.63. The van der Waals surface area contributed by atoms with Gasteiger partial charge in [0.15, 0.2) is 0 Å². The van der Waals surface area contributed by atoms with Crippen LogP contribution in [0, 0.1) is 11.8 Å². The molecule has 1 aromatic carbocycles. The van der Waals surface area contributed by atoms with E-state index in [1.54, 1.807) is 31.2 Å². The molecule has 1 aromatic rings. The highest BCUT2D eigenvalue weighted by Crippen LogP contribution is 2.08. The first-order valence-electron chi connectivity index (χ1n) is 3.68. The summed E-state index contributed by atoms with van der Waals surface area (Å²) in [5.41, 5.74) is 1.22. The lowest BCUT2D eigenvalue weighted by atomic mass is 10.2. The lowest BCUT2D eigenvalue weighted by molar-refractivity contribution is 0.319. The normalized spacial score (nSPS) is 10.5. The van der Waals surface area contributed by atoms with Gasteiger partial charge >= 0.3 is 0 Å². The maximum absolute atomic E-state index is 8.32. The Bertz CT molecular complexity index is 370. The molecule has 0 saturated heterocycles. The molecular formula is C10H8ClNO. The highest BCUT2D eigenvalue weighted by molar-refractivity contribution is 6.30. The Morgan fingerprint density at radius 2 is 2.00 bits per heavy atom. The van der Waals surface area contributed by atoms with E-state index < -0.39 is 0 Å². The molecule has 0 spiro atoms. The monoisotopic (exact) mass is 193 g/mol. The molecule has 13 heavy (non-hydrogen) atoms. The minimum Gasteiger partial charge on any atom is -0.410 e. The van der Waals surface area contributed by atoms with E-state index in [0.29, 0.717) is 10.7 Å². The molecule has 3 heteroatoms. The third-order valence-electron chi connectivity index (χ3n) is 1.38. The standard InChI is InChI=1S/C10H8ClNO/c1-8(12-13)2-3-9-4-6-10(11)7-5-9/h4-7,13H,1H3/b12-8+. The van der Waals surface area contributed by atoms with Crippen molar-refractivity contribution in [1.82, 2.24) is 0 Å². The molecule has 0 amide bonds. The van der Waals surface area contributed by atoms with E-state index in [2.05, 4.69) is 17.0 Å². The summed E-state index contributed by atoms with van der Waals surface area (Å²) in [6, 6.07) is 7.13. The maximum atomic E-state index is 8.32. The Labute approximate surface area is 81.8 Å². The summed E-state index contributed by atoms with van der Waals surface area (Å²) < 4.78 is 0. The summed E-state index contributed by atoms with van der Waals surface area (Å²) in [6.07, 6.45) is 0. The van der Waals surface area contributed by atoms with E-state index in [1.165, 1.54) is 0 Å². The van der Waals surface area contributed by atoms with Crippen molar-refractivity contribution in [1.29, 1.82) is 0 Å². The second-order valence-electron chi connectivity index (χ2n) is 2.44. The van der Waals surface area contributed by atoms with E-state index in [4.69, 9.17) is 16.8 Å². The molecule has 0 heterocycles. The first kappa shape index (κ1) is 9.63. The van der Waals surface area contributed by atoms with Gasteiger partial charge < -0.3 is 5.21 Å².